The molecule has 1 N–H and O–H groups in total. The Bertz CT molecular complexity index is 2430. The quantitative estimate of drug-likeness (QED) is 0.113. The number of carbonyl (C=O) groups is 1. The van der Waals surface area contributed by atoms with Crippen molar-refractivity contribution in [2.75, 3.05) is 26.7 Å². The number of carboxylic acids is 1. The Kier molecular flexibility index (Phi) is 10.2. The lowest BCUT2D eigenvalue weighted by atomic mass is 9.91. The molecule has 6 aromatic rings. The van der Waals surface area contributed by atoms with E-state index in [1.807, 2.05) is 50.2 Å². The third-order valence-electron chi connectivity index (χ3n) is 10.7. The number of hydrogen-bond acceptors (Lipinski definition) is 10. The lowest BCUT2D eigenvalue weighted by Crippen LogP contribution is -2.50. The molecule has 4 aromatic carbocycles. The molecule has 1 atom stereocenters. The summed E-state index contributed by atoms with van der Waals surface area (Å²) in [6.45, 7) is 0.136. The number of nitrogens with zero attached hydrogens (tertiary/aromatic N) is 4. The van der Waals surface area contributed by atoms with Gasteiger partial charge >= 0.3 is 19.2 Å². The number of alkyl halides is 4. The number of aromatic nitrogens is 2. The van der Waals surface area contributed by atoms with Crippen molar-refractivity contribution in [3.63, 3.8) is 0 Å². The van der Waals surface area contributed by atoms with E-state index in [0.29, 0.717) is 83.8 Å². The van der Waals surface area contributed by atoms with Crippen LogP contribution in [0.4, 0.5) is 17.6 Å². The van der Waals surface area contributed by atoms with Gasteiger partial charge in [-0.2, -0.15) is 17.6 Å². The van der Waals surface area contributed by atoms with Gasteiger partial charge in [0.05, 0.1) is 6.10 Å². The minimum atomic E-state index is -3.09. The Balaban J connectivity index is 1.12. The van der Waals surface area contributed by atoms with E-state index in [1.54, 1.807) is 24.1 Å². The maximum Gasteiger partial charge on any atom is 0.387 e. The smallest absolute Gasteiger partial charge is 0.387 e. The van der Waals surface area contributed by atoms with Gasteiger partial charge in [-0.05, 0) is 79.8 Å². The number of halogens is 4. The van der Waals surface area contributed by atoms with E-state index in [1.165, 1.54) is 12.1 Å². The molecule has 0 radical (unpaired) electrons. The number of aliphatic carboxylic acids is 1. The van der Waals surface area contributed by atoms with Gasteiger partial charge in [-0.15, -0.1) is 0 Å². The zero-order valence-electron chi connectivity index (χ0n) is 30.7. The van der Waals surface area contributed by atoms with Crippen LogP contribution in [0.1, 0.15) is 35.1 Å². The number of carboxylic acid groups (broad SMARTS) is 1. The van der Waals surface area contributed by atoms with Crippen molar-refractivity contribution < 1.29 is 50.5 Å². The molecule has 0 spiro atoms. The molecular formula is C41H38F4N4O7. The van der Waals surface area contributed by atoms with Crippen molar-refractivity contribution in [2.45, 2.75) is 65.1 Å². The molecule has 0 unspecified atom stereocenters. The first-order valence-electron chi connectivity index (χ1n) is 18.1. The highest BCUT2D eigenvalue weighted by atomic mass is 19.3. The predicted molar refractivity (Wildman–Crippen MR) is 198 cm³/mol. The zero-order chi connectivity index (χ0) is 39.2. The van der Waals surface area contributed by atoms with Gasteiger partial charge in [0.25, 0.3) is 0 Å². The molecule has 2 aliphatic heterocycles. The molecule has 15 heteroatoms. The molecule has 2 aliphatic rings. The monoisotopic (exact) mass is 774 g/mol. The van der Waals surface area contributed by atoms with Gasteiger partial charge in [-0.25, -0.2) is 9.97 Å². The molecule has 2 aromatic heterocycles. The summed E-state index contributed by atoms with van der Waals surface area (Å²) in [4.78, 5) is 25.1. The maximum atomic E-state index is 13.5. The Morgan fingerprint density at radius 3 is 1.79 bits per heavy atom. The summed E-state index contributed by atoms with van der Waals surface area (Å²) in [5.41, 5.74) is 7.23. The van der Waals surface area contributed by atoms with Gasteiger partial charge in [0, 0.05) is 67.7 Å². The summed E-state index contributed by atoms with van der Waals surface area (Å²) in [6, 6.07) is 16.9. The molecule has 2 saturated heterocycles. The standard InChI is InChI=1S/C41H38F4N4O7/c1-21-26(7-4-9-28(21)37-46-30-13-23(17-48-19-25(20-48)52-3)33(55-40(42)43)15-35(30)53-37)27-8-5-10-29(22(27)2)38-47-31-14-24(18-49-12-6-11-32(49)39(50)51)34(56-41(44)45)16-36(31)54-38/h4-5,7-10,13-16,25,32,40-41H,6,11-12,17-20H2,1-3H3,(H,50,51)/t32-/m0/s1. The van der Waals surface area contributed by atoms with Crippen molar-refractivity contribution in [1.29, 1.82) is 0 Å². The summed E-state index contributed by atoms with van der Waals surface area (Å²) in [5.74, 6) is -0.449. The van der Waals surface area contributed by atoms with Crippen molar-refractivity contribution in [3.05, 3.63) is 82.9 Å². The number of rotatable bonds is 13. The highest BCUT2D eigenvalue weighted by molar-refractivity contribution is 5.85. The highest BCUT2D eigenvalue weighted by Gasteiger charge is 2.32. The zero-order valence-corrected chi connectivity index (χ0v) is 30.7. The summed E-state index contributed by atoms with van der Waals surface area (Å²) in [5, 5.41) is 9.66. The van der Waals surface area contributed by atoms with Crippen LogP contribution in [0.3, 0.4) is 0 Å². The number of benzene rings is 4. The van der Waals surface area contributed by atoms with Crippen LogP contribution in [0.5, 0.6) is 11.5 Å². The van der Waals surface area contributed by atoms with Crippen LogP contribution in [-0.2, 0) is 22.6 Å². The van der Waals surface area contributed by atoms with E-state index < -0.39 is 25.2 Å². The third kappa shape index (κ3) is 7.29. The topological polar surface area (TPSA) is 124 Å². The number of fused-ring (bicyclic) bond motifs is 2. The van der Waals surface area contributed by atoms with E-state index in [4.69, 9.17) is 33.0 Å². The Morgan fingerprint density at radius 2 is 1.30 bits per heavy atom. The lowest BCUT2D eigenvalue weighted by Gasteiger charge is -2.38. The molecule has 0 aliphatic carbocycles. The fraction of sp³-hybridized carbons (Fsp3) is 0.341. The fourth-order valence-corrected chi connectivity index (χ4v) is 7.76. The number of likely N-dealkylation sites (tertiary alicyclic amines) is 2. The molecule has 56 heavy (non-hydrogen) atoms. The maximum absolute atomic E-state index is 13.5. The summed E-state index contributed by atoms with van der Waals surface area (Å²) in [7, 11) is 1.64. The summed E-state index contributed by atoms with van der Waals surface area (Å²) in [6.07, 6.45) is 1.25. The van der Waals surface area contributed by atoms with Crippen LogP contribution in [0, 0.1) is 13.8 Å². The normalized spacial score (nSPS) is 16.8. The number of ether oxygens (including phenoxy) is 3. The fourth-order valence-electron chi connectivity index (χ4n) is 7.76. The first kappa shape index (κ1) is 37.4. The predicted octanol–water partition coefficient (Wildman–Crippen LogP) is 8.67. The highest BCUT2D eigenvalue weighted by Crippen LogP contribution is 2.40. The molecule has 4 heterocycles. The third-order valence-corrected chi connectivity index (χ3v) is 10.7. The van der Waals surface area contributed by atoms with Crippen LogP contribution < -0.4 is 9.47 Å². The molecular weight excluding hydrogens is 736 g/mol. The van der Waals surface area contributed by atoms with Gasteiger partial charge in [0.15, 0.2) is 11.2 Å². The van der Waals surface area contributed by atoms with E-state index in [-0.39, 0.29) is 35.6 Å². The number of methoxy groups -OCH3 is 1. The van der Waals surface area contributed by atoms with Crippen molar-refractivity contribution in [2.24, 2.45) is 0 Å². The molecule has 0 bridgehead atoms. The second-order valence-electron chi connectivity index (χ2n) is 14.1. The Morgan fingerprint density at radius 1 is 0.804 bits per heavy atom. The van der Waals surface area contributed by atoms with Gasteiger partial charge in [0.2, 0.25) is 11.8 Å². The number of hydrogen-bond donors (Lipinski definition) is 1. The largest absolute Gasteiger partial charge is 0.480 e. The first-order valence-corrected chi connectivity index (χ1v) is 18.1. The van der Waals surface area contributed by atoms with E-state index in [2.05, 4.69) is 4.90 Å². The summed E-state index contributed by atoms with van der Waals surface area (Å²) < 4.78 is 81.2. The molecule has 2 fully saturated rings. The second kappa shape index (κ2) is 15.2. The first-order chi connectivity index (χ1) is 26.9. The average molecular weight is 775 g/mol. The SMILES string of the molecule is COC1CN(Cc2cc3nc(-c4cccc(-c5cccc(-c6nc7cc(CN8CCC[C@H]8C(=O)O)c(OC(F)F)cc7o6)c5C)c4C)oc3cc2OC(F)F)C1. The Hall–Kier alpha value is -5.51. The van der Waals surface area contributed by atoms with Crippen LogP contribution in [0.15, 0.2) is 69.5 Å². The minimum absolute atomic E-state index is 0.0283. The average Bonchev–Trinajstić information content (AvgIpc) is 3.88. The van der Waals surface area contributed by atoms with Gasteiger partial charge in [-0.3, -0.25) is 14.6 Å². The second-order valence-corrected chi connectivity index (χ2v) is 14.1. The molecule has 8 rings (SSSR count). The van der Waals surface area contributed by atoms with Gasteiger partial charge < -0.3 is 28.2 Å². The van der Waals surface area contributed by atoms with E-state index in [9.17, 15) is 27.5 Å². The van der Waals surface area contributed by atoms with Crippen LogP contribution >= 0.6 is 0 Å². The minimum Gasteiger partial charge on any atom is -0.480 e. The van der Waals surface area contributed by atoms with Crippen LogP contribution in [0.2, 0.25) is 0 Å². The molecule has 0 amide bonds. The van der Waals surface area contributed by atoms with Crippen molar-refractivity contribution in [1.82, 2.24) is 19.8 Å². The lowest BCUT2D eigenvalue weighted by molar-refractivity contribution is -0.142. The van der Waals surface area contributed by atoms with Gasteiger partial charge in [0.1, 0.15) is 28.6 Å². The van der Waals surface area contributed by atoms with Crippen LogP contribution in [-0.4, -0.2) is 83.0 Å². The molecule has 292 valence electrons. The molecule has 11 nitrogen and oxygen atoms in total. The summed E-state index contributed by atoms with van der Waals surface area (Å²) >= 11 is 0. The Labute approximate surface area is 318 Å². The van der Waals surface area contributed by atoms with E-state index in [0.717, 1.165) is 22.3 Å². The van der Waals surface area contributed by atoms with E-state index >= 15 is 0 Å². The van der Waals surface area contributed by atoms with Crippen LogP contribution in [0.25, 0.3) is 56.2 Å². The number of oxazole rings is 2. The van der Waals surface area contributed by atoms with Gasteiger partial charge in [-0.1, -0.05) is 24.3 Å². The van der Waals surface area contributed by atoms with Crippen molar-refractivity contribution >= 4 is 28.2 Å². The molecule has 0 saturated carbocycles. The van der Waals surface area contributed by atoms with Crippen molar-refractivity contribution in [3.8, 4) is 45.5 Å².